The van der Waals surface area contributed by atoms with Crippen LogP contribution < -0.4 is 5.32 Å². The number of alkyl halides is 3. The summed E-state index contributed by atoms with van der Waals surface area (Å²) in [5.74, 6) is 0.276. The van der Waals surface area contributed by atoms with Gasteiger partial charge in [-0.25, -0.2) is 4.79 Å². The first-order chi connectivity index (χ1) is 15.7. The SMILES string of the molecule is CC(C)(C)CN(C(=O)O)C(C)(C)c1nnc(-c2ccccc2Nc2ccc(C(F)(F)F)cc2)o1. The zero-order valence-electron chi connectivity index (χ0n) is 19.6. The molecule has 7 nitrogen and oxygen atoms in total. The zero-order valence-corrected chi connectivity index (χ0v) is 19.6. The number of anilines is 2. The van der Waals surface area contributed by atoms with Crippen LogP contribution in [0.5, 0.6) is 0 Å². The van der Waals surface area contributed by atoms with Crippen LogP contribution in [-0.2, 0) is 11.7 Å². The Morgan fingerprint density at radius 2 is 1.62 bits per heavy atom. The molecule has 3 aromatic rings. The van der Waals surface area contributed by atoms with E-state index in [1.54, 1.807) is 38.1 Å². The van der Waals surface area contributed by atoms with Gasteiger partial charge in [0.2, 0.25) is 11.8 Å². The minimum atomic E-state index is -4.42. The Balaban J connectivity index is 1.90. The van der Waals surface area contributed by atoms with E-state index < -0.39 is 23.4 Å². The van der Waals surface area contributed by atoms with Crippen molar-refractivity contribution in [2.45, 2.75) is 46.3 Å². The minimum absolute atomic E-state index is 0.124. The van der Waals surface area contributed by atoms with E-state index in [0.29, 0.717) is 16.9 Å². The van der Waals surface area contributed by atoms with Gasteiger partial charge in [0.15, 0.2) is 0 Å². The van der Waals surface area contributed by atoms with Crippen LogP contribution in [0.3, 0.4) is 0 Å². The Kier molecular flexibility index (Phi) is 6.64. The molecule has 10 heteroatoms. The summed E-state index contributed by atoms with van der Waals surface area (Å²) in [6, 6.07) is 11.6. The van der Waals surface area contributed by atoms with Gasteiger partial charge >= 0.3 is 12.3 Å². The van der Waals surface area contributed by atoms with Gasteiger partial charge in [-0.3, -0.25) is 4.90 Å². The van der Waals surface area contributed by atoms with Crippen LogP contribution in [0, 0.1) is 5.41 Å². The molecule has 2 N–H and O–H groups in total. The lowest BCUT2D eigenvalue weighted by atomic mass is 9.92. The fraction of sp³-hybridized carbons (Fsp3) is 0.375. The average molecular weight is 476 g/mol. The molecule has 0 bridgehead atoms. The van der Waals surface area contributed by atoms with Gasteiger partial charge in [-0.05, 0) is 55.7 Å². The summed E-state index contributed by atoms with van der Waals surface area (Å²) in [4.78, 5) is 13.2. The van der Waals surface area contributed by atoms with Crippen molar-refractivity contribution in [3.63, 3.8) is 0 Å². The summed E-state index contributed by atoms with van der Waals surface area (Å²) in [7, 11) is 0. The zero-order chi connectivity index (χ0) is 25.3. The fourth-order valence-electron chi connectivity index (χ4n) is 3.35. The van der Waals surface area contributed by atoms with Crippen LogP contribution in [0.15, 0.2) is 52.9 Å². The number of hydrogen-bond donors (Lipinski definition) is 2. The number of benzene rings is 2. The quantitative estimate of drug-likeness (QED) is 0.408. The van der Waals surface area contributed by atoms with E-state index in [1.807, 2.05) is 20.8 Å². The van der Waals surface area contributed by atoms with E-state index in [1.165, 1.54) is 17.0 Å². The first-order valence-corrected chi connectivity index (χ1v) is 10.6. The molecule has 0 radical (unpaired) electrons. The summed E-state index contributed by atoms with van der Waals surface area (Å²) >= 11 is 0. The van der Waals surface area contributed by atoms with E-state index in [0.717, 1.165) is 12.1 Å². The number of aromatic nitrogens is 2. The van der Waals surface area contributed by atoms with E-state index in [9.17, 15) is 23.1 Å². The van der Waals surface area contributed by atoms with Gasteiger partial charge in [0.05, 0.1) is 16.8 Å². The van der Waals surface area contributed by atoms with Crippen LogP contribution in [0.1, 0.15) is 46.1 Å². The van der Waals surface area contributed by atoms with Crippen molar-refractivity contribution in [2.75, 3.05) is 11.9 Å². The van der Waals surface area contributed by atoms with E-state index in [-0.39, 0.29) is 23.7 Å². The Morgan fingerprint density at radius 1 is 1.00 bits per heavy atom. The standard InChI is InChI=1S/C24H27F3N4O3/c1-22(2,3)14-31(21(32)33)23(4,5)20-30-29-19(34-20)17-8-6-7-9-18(17)28-16-12-10-15(11-13-16)24(25,26)27/h6-13,28H,14H2,1-5H3,(H,32,33). The lowest BCUT2D eigenvalue weighted by Gasteiger charge is -2.37. The number of carbonyl (C=O) groups is 1. The van der Waals surface area contributed by atoms with Crippen molar-refractivity contribution in [1.29, 1.82) is 0 Å². The second kappa shape index (κ2) is 9.00. The molecule has 2 aromatic carbocycles. The van der Waals surface area contributed by atoms with Crippen molar-refractivity contribution in [3.05, 3.63) is 60.0 Å². The van der Waals surface area contributed by atoms with Gasteiger partial charge in [0, 0.05) is 12.2 Å². The Bertz CT molecular complexity index is 1150. The highest BCUT2D eigenvalue weighted by Crippen LogP contribution is 2.35. The Labute approximate surface area is 195 Å². The third-order valence-corrected chi connectivity index (χ3v) is 5.14. The molecule has 1 aromatic heterocycles. The molecule has 0 saturated heterocycles. The molecular formula is C24H27F3N4O3. The van der Waals surface area contributed by atoms with Crippen LogP contribution in [0.4, 0.5) is 29.3 Å². The third kappa shape index (κ3) is 5.67. The first kappa shape index (κ1) is 25.1. The maximum absolute atomic E-state index is 12.8. The molecule has 0 aliphatic heterocycles. The molecule has 34 heavy (non-hydrogen) atoms. The number of nitrogens with one attached hydrogen (secondary N) is 1. The number of para-hydroxylation sites is 1. The molecule has 0 aliphatic carbocycles. The lowest BCUT2D eigenvalue weighted by molar-refractivity contribution is -0.137. The van der Waals surface area contributed by atoms with Gasteiger partial charge in [-0.1, -0.05) is 32.9 Å². The number of carboxylic acid groups (broad SMARTS) is 1. The maximum Gasteiger partial charge on any atom is 0.416 e. The number of rotatable bonds is 6. The average Bonchev–Trinajstić information content (AvgIpc) is 3.22. The van der Waals surface area contributed by atoms with E-state index >= 15 is 0 Å². The highest BCUT2D eigenvalue weighted by molar-refractivity contribution is 5.76. The second-order valence-corrected chi connectivity index (χ2v) is 9.65. The van der Waals surface area contributed by atoms with Crippen LogP contribution in [-0.4, -0.2) is 32.8 Å². The molecule has 0 saturated carbocycles. The molecule has 182 valence electrons. The molecule has 0 aliphatic rings. The summed E-state index contributed by atoms with van der Waals surface area (Å²) in [5, 5.41) is 21.1. The molecule has 0 fully saturated rings. The predicted octanol–water partition coefficient (Wildman–Crippen LogP) is 6.76. The van der Waals surface area contributed by atoms with Crippen molar-refractivity contribution in [1.82, 2.24) is 15.1 Å². The van der Waals surface area contributed by atoms with Crippen LogP contribution in [0.2, 0.25) is 0 Å². The monoisotopic (exact) mass is 476 g/mol. The molecule has 0 atom stereocenters. The van der Waals surface area contributed by atoms with Gasteiger partial charge in [0.25, 0.3) is 0 Å². The number of hydrogen-bond acceptors (Lipinski definition) is 5. The van der Waals surface area contributed by atoms with Crippen LogP contribution >= 0.6 is 0 Å². The number of halogens is 3. The number of nitrogens with zero attached hydrogens (tertiary/aromatic N) is 3. The van der Waals surface area contributed by atoms with Crippen molar-refractivity contribution >= 4 is 17.5 Å². The highest BCUT2D eigenvalue weighted by Gasteiger charge is 2.39. The largest absolute Gasteiger partial charge is 0.465 e. The predicted molar refractivity (Wildman–Crippen MR) is 122 cm³/mol. The first-order valence-electron chi connectivity index (χ1n) is 10.6. The smallest absolute Gasteiger partial charge is 0.416 e. The topological polar surface area (TPSA) is 91.5 Å². The summed E-state index contributed by atoms with van der Waals surface area (Å²) < 4.78 is 44.4. The van der Waals surface area contributed by atoms with E-state index in [2.05, 4.69) is 15.5 Å². The summed E-state index contributed by atoms with van der Waals surface area (Å²) in [6.45, 7) is 9.43. The van der Waals surface area contributed by atoms with Crippen molar-refractivity contribution in [3.8, 4) is 11.5 Å². The Hall–Kier alpha value is -3.56. The molecular weight excluding hydrogens is 449 g/mol. The normalized spacial score (nSPS) is 12.5. The van der Waals surface area contributed by atoms with Gasteiger partial charge in [-0.2, -0.15) is 13.2 Å². The molecule has 1 heterocycles. The van der Waals surface area contributed by atoms with Gasteiger partial charge in [-0.15, -0.1) is 10.2 Å². The molecule has 0 spiro atoms. The van der Waals surface area contributed by atoms with Crippen LogP contribution in [0.25, 0.3) is 11.5 Å². The highest BCUT2D eigenvalue weighted by atomic mass is 19.4. The second-order valence-electron chi connectivity index (χ2n) is 9.65. The summed E-state index contributed by atoms with van der Waals surface area (Å²) in [6.07, 6.45) is -5.52. The maximum atomic E-state index is 12.8. The molecule has 0 unspecified atom stereocenters. The molecule has 3 rings (SSSR count). The van der Waals surface area contributed by atoms with Crippen molar-refractivity contribution in [2.24, 2.45) is 5.41 Å². The molecule has 1 amide bonds. The van der Waals surface area contributed by atoms with Crippen molar-refractivity contribution < 1.29 is 27.5 Å². The van der Waals surface area contributed by atoms with Gasteiger partial charge < -0.3 is 14.8 Å². The minimum Gasteiger partial charge on any atom is -0.465 e. The van der Waals surface area contributed by atoms with Gasteiger partial charge in [0.1, 0.15) is 5.54 Å². The Morgan fingerprint density at radius 3 is 2.18 bits per heavy atom. The lowest BCUT2D eigenvalue weighted by Crippen LogP contribution is -2.48. The third-order valence-electron chi connectivity index (χ3n) is 5.14. The van der Waals surface area contributed by atoms with E-state index in [4.69, 9.17) is 4.42 Å². The fourth-order valence-corrected chi connectivity index (χ4v) is 3.35. The summed E-state index contributed by atoms with van der Waals surface area (Å²) in [5.41, 5.74) is -0.623. The number of amides is 1.